The number of benzene rings is 12. The number of fused-ring (bicyclic) bond motifs is 15. The van der Waals surface area contributed by atoms with E-state index in [0.717, 1.165) is 49.3 Å². The van der Waals surface area contributed by atoms with E-state index in [1.807, 2.05) is 24.3 Å². The molecule has 0 saturated heterocycles. The van der Waals surface area contributed by atoms with Crippen molar-refractivity contribution in [3.05, 3.63) is 290 Å². The maximum absolute atomic E-state index is 9.80. The fourth-order valence-electron chi connectivity index (χ4n) is 14.4. The molecule has 6 heterocycles. The molecule has 0 aliphatic carbocycles. The van der Waals surface area contributed by atoms with Crippen LogP contribution in [0.4, 0.5) is 0 Å². The molecule has 12 aromatic carbocycles. The van der Waals surface area contributed by atoms with E-state index >= 15 is 0 Å². The van der Waals surface area contributed by atoms with Crippen LogP contribution in [-0.4, -0.2) is 33.8 Å². The zero-order chi connectivity index (χ0) is 56.0. The number of nitriles is 3. The molecule has 3 aromatic heterocycles. The molecule has 0 N–H and O–H groups in total. The van der Waals surface area contributed by atoms with Gasteiger partial charge in [0.2, 0.25) is 20.1 Å². The first-order valence-electron chi connectivity index (χ1n) is 28.5. The molecule has 15 aromatic rings. The Balaban J connectivity index is 0.000000103. The lowest BCUT2D eigenvalue weighted by Crippen LogP contribution is -2.56. The van der Waals surface area contributed by atoms with Crippen molar-refractivity contribution in [2.75, 3.05) is 0 Å². The van der Waals surface area contributed by atoms with E-state index in [0.29, 0.717) is 11.1 Å². The predicted octanol–water partition coefficient (Wildman–Crippen LogP) is 10.5. The highest BCUT2D eigenvalue weighted by molar-refractivity contribution is 6.99. The Labute approximate surface area is 486 Å². The molecule has 9 heteroatoms. The van der Waals surface area contributed by atoms with Gasteiger partial charge in [0.05, 0.1) is 50.9 Å². The third kappa shape index (κ3) is 7.18. The standard InChI is InChI=1S/3C25H15BN2/c27-16-17-14-20-19-10-4-6-12-23(19)28-24-13-7-5-11-21(24)26(22(15-17)25(20)28)18-8-2-1-3-9-18;27-16-17-14-15-21-25-24(17)19-10-4-6-12-22(19)28(25)23-13-7-5-11-20(23)26(21)18-8-2-1-3-9-18;27-16-17-8-6-11-19-20-12-7-14-22-25(20)28(24(17)19)23-15-5-4-13-21(23)26(22)18-9-2-1-3-10-18/h3*1-15H. The zero-order valence-electron chi connectivity index (χ0n) is 45.4. The Morgan fingerprint density at radius 2 is 0.679 bits per heavy atom. The van der Waals surface area contributed by atoms with Gasteiger partial charge in [0, 0.05) is 60.4 Å². The van der Waals surface area contributed by atoms with Gasteiger partial charge in [-0.1, -0.05) is 235 Å². The van der Waals surface area contributed by atoms with Crippen LogP contribution in [-0.2, 0) is 0 Å². The number of hydrogen-bond donors (Lipinski definition) is 0. The summed E-state index contributed by atoms with van der Waals surface area (Å²) in [6.45, 7) is 0.456. The second-order valence-corrected chi connectivity index (χ2v) is 21.9. The van der Waals surface area contributed by atoms with Gasteiger partial charge in [-0.15, -0.1) is 0 Å². The van der Waals surface area contributed by atoms with Gasteiger partial charge in [-0.2, -0.15) is 15.8 Å². The summed E-state index contributed by atoms with van der Waals surface area (Å²) in [5, 5.41) is 36.2. The van der Waals surface area contributed by atoms with Crippen molar-refractivity contribution in [1.82, 2.24) is 13.7 Å². The Morgan fingerprint density at radius 3 is 1.25 bits per heavy atom. The summed E-state index contributed by atoms with van der Waals surface area (Å²) < 4.78 is 7.01. The van der Waals surface area contributed by atoms with Crippen LogP contribution >= 0.6 is 0 Å². The molecule has 3 aliphatic heterocycles. The lowest BCUT2D eigenvalue weighted by Gasteiger charge is -2.27. The maximum Gasteiger partial charge on any atom is 0.246 e. The Hall–Kier alpha value is -11.3. The van der Waals surface area contributed by atoms with Gasteiger partial charge in [0.15, 0.2) is 0 Å². The van der Waals surface area contributed by atoms with Gasteiger partial charge in [-0.3, -0.25) is 0 Å². The van der Waals surface area contributed by atoms with Crippen LogP contribution in [0.3, 0.4) is 0 Å². The van der Waals surface area contributed by atoms with Crippen LogP contribution in [0, 0.1) is 34.0 Å². The Morgan fingerprint density at radius 1 is 0.262 bits per heavy atom. The first-order chi connectivity index (χ1) is 41.6. The largest absolute Gasteiger partial charge is 0.310 e. The van der Waals surface area contributed by atoms with Gasteiger partial charge in [0.1, 0.15) is 6.07 Å². The summed E-state index contributed by atoms with van der Waals surface area (Å²) in [5.74, 6) is 0. The van der Waals surface area contributed by atoms with E-state index in [1.54, 1.807) is 0 Å². The van der Waals surface area contributed by atoms with Gasteiger partial charge in [0.25, 0.3) is 0 Å². The minimum Gasteiger partial charge on any atom is -0.310 e. The first-order valence-corrected chi connectivity index (χ1v) is 28.5. The van der Waals surface area contributed by atoms with Gasteiger partial charge >= 0.3 is 0 Å². The zero-order valence-corrected chi connectivity index (χ0v) is 45.4. The molecule has 0 atom stereocenters. The summed E-state index contributed by atoms with van der Waals surface area (Å²) in [6.07, 6.45) is 0. The van der Waals surface area contributed by atoms with Crippen molar-refractivity contribution in [3.8, 4) is 35.3 Å². The average Bonchev–Trinajstić information content (AvgIpc) is 1.70. The van der Waals surface area contributed by atoms with Crippen molar-refractivity contribution in [2.45, 2.75) is 0 Å². The molecular formula is C75H45B3N6. The van der Waals surface area contributed by atoms with Crippen LogP contribution in [0.2, 0.25) is 0 Å². The SMILES string of the molecule is N#Cc1cc2c3c(c1)c1ccccc1n3-c1ccccc1B2c1ccccc1.N#Cc1ccc2c3c1c1ccccc1n3-c1ccccc1B2c1ccccc1.N#Cc1cccc2c3cccc4c3n(c12)-c1ccccc1B4c1ccccc1. The van der Waals surface area contributed by atoms with Gasteiger partial charge in [-0.25, -0.2) is 0 Å². The fraction of sp³-hybridized carbons (Fsp3) is 0. The lowest BCUT2D eigenvalue weighted by atomic mass is 9.35. The number of rotatable bonds is 3. The van der Waals surface area contributed by atoms with Crippen molar-refractivity contribution in [3.63, 3.8) is 0 Å². The Bertz CT molecular complexity index is 5330. The van der Waals surface area contributed by atoms with E-state index in [4.69, 9.17) is 0 Å². The molecule has 18 rings (SSSR count). The molecule has 0 saturated carbocycles. The van der Waals surface area contributed by atoms with Crippen LogP contribution in [0.1, 0.15) is 16.7 Å². The maximum atomic E-state index is 9.80. The number of aromatic nitrogens is 3. The van der Waals surface area contributed by atoms with Crippen LogP contribution in [0.5, 0.6) is 0 Å². The van der Waals surface area contributed by atoms with Gasteiger partial charge in [-0.05, 0) is 87.4 Å². The summed E-state index contributed by atoms with van der Waals surface area (Å²) in [4.78, 5) is 0. The van der Waals surface area contributed by atoms with Gasteiger partial charge < -0.3 is 13.7 Å². The number of hydrogen-bond acceptors (Lipinski definition) is 3. The molecule has 0 fully saturated rings. The third-order valence-electron chi connectivity index (χ3n) is 17.7. The fourth-order valence-corrected chi connectivity index (χ4v) is 14.4. The highest BCUT2D eigenvalue weighted by atomic mass is 15.0. The molecule has 3 aliphatic rings. The minimum absolute atomic E-state index is 0.116. The lowest BCUT2D eigenvalue weighted by molar-refractivity contribution is 1.18. The Kier molecular flexibility index (Phi) is 11.3. The van der Waals surface area contributed by atoms with Crippen molar-refractivity contribution >= 4 is 135 Å². The summed E-state index contributed by atoms with van der Waals surface area (Å²) in [7, 11) is 0. The van der Waals surface area contributed by atoms with Crippen molar-refractivity contribution < 1.29 is 0 Å². The monoisotopic (exact) mass is 1060 g/mol. The van der Waals surface area contributed by atoms with Crippen LogP contribution < -0.4 is 49.2 Å². The van der Waals surface area contributed by atoms with Crippen molar-refractivity contribution in [2.24, 2.45) is 0 Å². The van der Waals surface area contributed by atoms with E-state index in [9.17, 15) is 15.8 Å². The summed E-state index contributed by atoms with van der Waals surface area (Å²) in [6, 6.07) is 103. The molecular weight excluding hydrogens is 1020 g/mol. The van der Waals surface area contributed by atoms with Crippen LogP contribution in [0.15, 0.2) is 273 Å². The molecule has 84 heavy (non-hydrogen) atoms. The van der Waals surface area contributed by atoms with E-state index in [2.05, 4.69) is 281 Å². The second-order valence-electron chi connectivity index (χ2n) is 21.9. The van der Waals surface area contributed by atoms with Crippen molar-refractivity contribution in [1.29, 1.82) is 15.8 Å². The topological polar surface area (TPSA) is 86.2 Å². The first kappa shape index (κ1) is 48.6. The predicted molar refractivity (Wildman–Crippen MR) is 350 cm³/mol. The molecule has 0 bridgehead atoms. The average molecular weight is 1060 g/mol. The molecule has 384 valence electrons. The smallest absolute Gasteiger partial charge is 0.246 e. The molecule has 0 amide bonds. The highest BCUT2D eigenvalue weighted by Crippen LogP contribution is 2.38. The second kappa shape index (κ2) is 19.5. The molecule has 0 radical (unpaired) electrons. The highest BCUT2D eigenvalue weighted by Gasteiger charge is 2.37. The number of para-hydroxylation sites is 7. The molecule has 0 spiro atoms. The van der Waals surface area contributed by atoms with E-state index in [-0.39, 0.29) is 20.1 Å². The van der Waals surface area contributed by atoms with E-state index < -0.39 is 0 Å². The summed E-state index contributed by atoms with van der Waals surface area (Å²) >= 11 is 0. The molecule has 6 nitrogen and oxygen atoms in total. The summed E-state index contributed by atoms with van der Waals surface area (Å²) in [5.41, 5.74) is 24.1. The molecule has 0 unspecified atom stereocenters. The quantitative estimate of drug-likeness (QED) is 0.165. The van der Waals surface area contributed by atoms with E-state index in [1.165, 1.54) is 87.9 Å². The minimum atomic E-state index is 0.116. The number of nitrogens with zero attached hydrogens (tertiary/aromatic N) is 6. The normalized spacial score (nSPS) is 12.2. The van der Waals surface area contributed by atoms with Crippen LogP contribution in [0.25, 0.3) is 82.5 Å². The third-order valence-corrected chi connectivity index (χ3v) is 17.7.